The first-order valence-corrected chi connectivity index (χ1v) is 7.87. The molecule has 2 heterocycles. The predicted molar refractivity (Wildman–Crippen MR) is 71.2 cm³/mol. The van der Waals surface area contributed by atoms with Gasteiger partial charge in [0.25, 0.3) is 0 Å². The summed E-state index contributed by atoms with van der Waals surface area (Å²) in [5.74, 6) is 0.692. The lowest BCUT2D eigenvalue weighted by Crippen LogP contribution is -2.44. The molecule has 2 rings (SSSR count). The highest BCUT2D eigenvalue weighted by atomic mass is 32.2. The average molecular weight is 259 g/mol. The van der Waals surface area contributed by atoms with Crippen molar-refractivity contribution in [3.05, 3.63) is 0 Å². The van der Waals surface area contributed by atoms with Crippen LogP contribution in [-0.2, 0) is 15.7 Å². The molecule has 2 fully saturated rings. The molecular weight excluding hydrogens is 234 g/mol. The van der Waals surface area contributed by atoms with Gasteiger partial charge in [-0.2, -0.15) is 0 Å². The summed E-state index contributed by atoms with van der Waals surface area (Å²) in [4.78, 5) is 0. The van der Waals surface area contributed by atoms with Crippen molar-refractivity contribution in [2.24, 2.45) is 5.92 Å². The molecule has 2 atom stereocenters. The molecule has 0 aliphatic carbocycles. The van der Waals surface area contributed by atoms with Crippen molar-refractivity contribution in [2.45, 2.75) is 57.2 Å². The molecule has 0 amide bonds. The Bertz CT molecular complexity index is 282. The molecule has 0 bridgehead atoms. The van der Waals surface area contributed by atoms with Gasteiger partial charge in [0, 0.05) is 25.8 Å². The molecule has 0 spiro atoms. The van der Waals surface area contributed by atoms with Crippen molar-refractivity contribution >= 4 is 11.0 Å². The number of ether oxygens (including phenoxy) is 1. The fourth-order valence-electron chi connectivity index (χ4n) is 2.90. The van der Waals surface area contributed by atoms with Gasteiger partial charge in [0.05, 0.1) is 15.7 Å². The van der Waals surface area contributed by atoms with Crippen LogP contribution < -0.4 is 0 Å². The minimum atomic E-state index is -0.852. The number of nitrogens with zero attached hydrogens (tertiary/aromatic N) is 1. The van der Waals surface area contributed by atoms with Crippen LogP contribution in [0.1, 0.15) is 46.5 Å². The molecule has 2 aliphatic rings. The summed E-state index contributed by atoms with van der Waals surface area (Å²) >= 11 is 0. The third-order valence-electron chi connectivity index (χ3n) is 3.80. The van der Waals surface area contributed by atoms with Crippen LogP contribution in [0, 0.1) is 5.92 Å². The second-order valence-corrected chi connectivity index (χ2v) is 8.35. The van der Waals surface area contributed by atoms with Crippen LogP contribution in [0.2, 0.25) is 0 Å². The molecule has 17 heavy (non-hydrogen) atoms. The first-order chi connectivity index (χ1) is 8.00. The number of rotatable bonds is 2. The van der Waals surface area contributed by atoms with E-state index in [-0.39, 0.29) is 4.75 Å². The highest BCUT2D eigenvalue weighted by molar-refractivity contribution is 7.84. The molecule has 0 aromatic carbocycles. The third-order valence-corrected chi connectivity index (χ3v) is 5.72. The highest BCUT2D eigenvalue weighted by Gasteiger charge is 2.38. The van der Waals surface area contributed by atoms with Gasteiger partial charge >= 0.3 is 0 Å². The molecule has 100 valence electrons. The Morgan fingerprint density at radius 2 is 1.82 bits per heavy atom. The van der Waals surface area contributed by atoms with Crippen molar-refractivity contribution in [2.75, 3.05) is 19.8 Å². The van der Waals surface area contributed by atoms with E-state index >= 15 is 0 Å². The molecule has 0 aromatic rings. The minimum absolute atomic E-state index is 0.131. The second kappa shape index (κ2) is 5.37. The highest BCUT2D eigenvalue weighted by Crippen LogP contribution is 2.33. The average Bonchev–Trinajstić information content (AvgIpc) is 2.76. The maximum absolute atomic E-state index is 12.5. The van der Waals surface area contributed by atoms with Crippen molar-refractivity contribution in [3.63, 3.8) is 0 Å². The molecule has 4 heteroatoms. The van der Waals surface area contributed by atoms with Gasteiger partial charge in [-0.25, -0.2) is 8.51 Å². The van der Waals surface area contributed by atoms with E-state index in [0.717, 1.165) is 32.6 Å². The van der Waals surface area contributed by atoms with Gasteiger partial charge in [0.2, 0.25) is 0 Å². The Morgan fingerprint density at radius 1 is 1.18 bits per heavy atom. The first-order valence-electron chi connectivity index (χ1n) is 6.76. The van der Waals surface area contributed by atoms with E-state index in [1.54, 1.807) is 0 Å². The van der Waals surface area contributed by atoms with Crippen LogP contribution in [0.4, 0.5) is 0 Å². The Balaban J connectivity index is 2.04. The molecular formula is C13H25NO2S. The van der Waals surface area contributed by atoms with Gasteiger partial charge < -0.3 is 4.74 Å². The summed E-state index contributed by atoms with van der Waals surface area (Å²) in [6.07, 6.45) is 4.70. The standard InChI is InChI=1S/C13H25NO2S/c1-13(2,3)17(15)14-8-4-5-12(14)11-6-9-16-10-7-11/h11-12H,4-10H2,1-3H3/t12-,17-/m1/s1. The number of hydrogen-bond donors (Lipinski definition) is 0. The van der Waals surface area contributed by atoms with E-state index in [2.05, 4.69) is 25.1 Å². The van der Waals surface area contributed by atoms with Crippen molar-refractivity contribution in [1.29, 1.82) is 0 Å². The van der Waals surface area contributed by atoms with E-state index in [1.165, 1.54) is 12.8 Å². The van der Waals surface area contributed by atoms with Crippen LogP contribution >= 0.6 is 0 Å². The lowest BCUT2D eigenvalue weighted by Gasteiger charge is -2.36. The lowest BCUT2D eigenvalue weighted by atomic mass is 9.91. The number of hydrogen-bond acceptors (Lipinski definition) is 2. The quantitative estimate of drug-likeness (QED) is 0.762. The molecule has 2 saturated heterocycles. The van der Waals surface area contributed by atoms with E-state index in [0.29, 0.717) is 12.0 Å². The van der Waals surface area contributed by atoms with Crippen LogP contribution in [0.15, 0.2) is 0 Å². The topological polar surface area (TPSA) is 29.5 Å². The molecule has 3 nitrogen and oxygen atoms in total. The molecule has 0 radical (unpaired) electrons. The molecule has 2 aliphatic heterocycles. The van der Waals surface area contributed by atoms with Crippen molar-refractivity contribution in [1.82, 2.24) is 4.31 Å². The van der Waals surface area contributed by atoms with Crippen molar-refractivity contribution < 1.29 is 8.95 Å². The fraction of sp³-hybridized carbons (Fsp3) is 1.00. The fourth-order valence-corrected chi connectivity index (χ4v) is 4.42. The van der Waals surface area contributed by atoms with Gasteiger partial charge in [-0.05, 0) is 52.4 Å². The zero-order valence-electron chi connectivity index (χ0n) is 11.3. The van der Waals surface area contributed by atoms with Crippen LogP contribution in [0.25, 0.3) is 0 Å². The van der Waals surface area contributed by atoms with Crippen LogP contribution in [0.3, 0.4) is 0 Å². The third kappa shape index (κ3) is 3.09. The maximum Gasteiger partial charge on any atom is 0.1000 e. The SMILES string of the molecule is CC(C)(C)[S@@](=O)N1CCC[C@@H]1C1CCOCC1. The smallest absolute Gasteiger partial charge is 0.1000 e. The summed E-state index contributed by atoms with van der Waals surface area (Å²) in [7, 11) is -0.852. The van der Waals surface area contributed by atoms with E-state index in [1.807, 2.05) is 0 Å². The van der Waals surface area contributed by atoms with E-state index in [4.69, 9.17) is 4.74 Å². The molecule has 0 aromatic heterocycles. The largest absolute Gasteiger partial charge is 0.381 e. The summed E-state index contributed by atoms with van der Waals surface area (Å²) in [5.41, 5.74) is 0. The van der Waals surface area contributed by atoms with E-state index < -0.39 is 11.0 Å². The zero-order chi connectivity index (χ0) is 12.5. The van der Waals surface area contributed by atoms with Gasteiger partial charge in [-0.15, -0.1) is 0 Å². The molecule has 0 unspecified atom stereocenters. The Hall–Kier alpha value is 0.0700. The van der Waals surface area contributed by atoms with E-state index in [9.17, 15) is 4.21 Å². The summed E-state index contributed by atoms with van der Waals surface area (Å²) in [6, 6.07) is 0.527. The first kappa shape index (κ1) is 13.5. The second-order valence-electron chi connectivity index (χ2n) is 6.16. The zero-order valence-corrected chi connectivity index (χ0v) is 12.1. The normalized spacial score (nSPS) is 30.6. The Kier molecular flexibility index (Phi) is 4.26. The minimum Gasteiger partial charge on any atom is -0.381 e. The van der Waals surface area contributed by atoms with Crippen molar-refractivity contribution in [3.8, 4) is 0 Å². The predicted octanol–water partition coefficient (Wildman–Crippen LogP) is 2.34. The van der Waals surface area contributed by atoms with Crippen LogP contribution in [0.5, 0.6) is 0 Å². The van der Waals surface area contributed by atoms with Gasteiger partial charge in [-0.1, -0.05) is 0 Å². The monoisotopic (exact) mass is 259 g/mol. The van der Waals surface area contributed by atoms with Gasteiger partial charge in [-0.3, -0.25) is 0 Å². The van der Waals surface area contributed by atoms with Gasteiger partial charge in [0.1, 0.15) is 0 Å². The Morgan fingerprint density at radius 3 is 2.41 bits per heavy atom. The summed E-state index contributed by atoms with van der Waals surface area (Å²) < 4.78 is 20.1. The summed E-state index contributed by atoms with van der Waals surface area (Å²) in [5, 5.41) is 0. The van der Waals surface area contributed by atoms with Crippen LogP contribution in [-0.4, -0.2) is 39.1 Å². The summed E-state index contributed by atoms with van der Waals surface area (Å²) in [6.45, 7) is 8.99. The molecule has 0 N–H and O–H groups in total. The maximum atomic E-state index is 12.5. The lowest BCUT2D eigenvalue weighted by molar-refractivity contribution is 0.0480. The van der Waals surface area contributed by atoms with Gasteiger partial charge in [0.15, 0.2) is 0 Å². The molecule has 0 saturated carbocycles. The Labute approximate surface area is 107 Å².